The molecule has 1 saturated heterocycles. The first kappa shape index (κ1) is 17.2. The molecule has 2 rings (SSSR count). The van der Waals surface area contributed by atoms with E-state index >= 15 is 0 Å². The topological polar surface area (TPSA) is 46.6 Å². The molecule has 0 atom stereocenters. The molecule has 0 aromatic heterocycles. The van der Waals surface area contributed by atoms with Gasteiger partial charge in [-0.25, -0.2) is 8.42 Å². The van der Waals surface area contributed by atoms with Crippen molar-refractivity contribution in [1.29, 1.82) is 0 Å². The van der Waals surface area contributed by atoms with E-state index in [0.29, 0.717) is 12.4 Å². The van der Waals surface area contributed by atoms with Crippen molar-refractivity contribution in [3.63, 3.8) is 0 Å². The number of likely N-dealkylation sites (tertiary alicyclic amines) is 1. The highest BCUT2D eigenvalue weighted by molar-refractivity contribution is 8.13. The lowest BCUT2D eigenvalue weighted by Crippen LogP contribution is -2.21. The van der Waals surface area contributed by atoms with E-state index in [0.717, 1.165) is 26.1 Å². The van der Waals surface area contributed by atoms with Crippen molar-refractivity contribution in [2.24, 2.45) is 0 Å². The van der Waals surface area contributed by atoms with Gasteiger partial charge in [0.15, 0.2) is 5.75 Å². The van der Waals surface area contributed by atoms with E-state index in [1.54, 1.807) is 0 Å². The Kier molecular flexibility index (Phi) is 6.03. The van der Waals surface area contributed by atoms with Gasteiger partial charge in [-0.05, 0) is 44.5 Å². The molecule has 118 valence electrons. The lowest BCUT2D eigenvalue weighted by molar-refractivity contribution is 0.263. The van der Waals surface area contributed by atoms with E-state index < -0.39 is 9.05 Å². The van der Waals surface area contributed by atoms with Crippen molar-refractivity contribution in [3.05, 3.63) is 22.2 Å². The number of nitrogens with zero attached hydrogens (tertiary/aromatic N) is 1. The molecule has 1 aromatic rings. The van der Waals surface area contributed by atoms with Crippen molar-refractivity contribution in [3.8, 4) is 5.75 Å². The van der Waals surface area contributed by atoms with Crippen LogP contribution >= 0.6 is 33.9 Å². The predicted octanol–water partition coefficient (Wildman–Crippen LogP) is 3.79. The van der Waals surface area contributed by atoms with Crippen LogP contribution in [0.1, 0.15) is 19.3 Å². The largest absolute Gasteiger partial charge is 0.490 e. The molecule has 0 spiro atoms. The van der Waals surface area contributed by atoms with E-state index in [1.165, 1.54) is 25.0 Å². The van der Waals surface area contributed by atoms with Crippen molar-refractivity contribution >= 4 is 42.9 Å². The van der Waals surface area contributed by atoms with Gasteiger partial charge in [-0.3, -0.25) is 0 Å². The Hall–Kier alpha value is -0.200. The second kappa shape index (κ2) is 7.38. The van der Waals surface area contributed by atoms with Crippen LogP contribution in [-0.4, -0.2) is 39.6 Å². The van der Waals surface area contributed by atoms with Gasteiger partial charge in [0.25, 0.3) is 9.05 Å². The maximum absolute atomic E-state index is 11.3. The Labute approximate surface area is 139 Å². The minimum absolute atomic E-state index is 0.136. The van der Waals surface area contributed by atoms with E-state index in [1.807, 2.05) is 0 Å². The summed E-state index contributed by atoms with van der Waals surface area (Å²) in [7, 11) is 1.40. The lowest BCUT2D eigenvalue weighted by atomic mass is 10.3. The van der Waals surface area contributed by atoms with Gasteiger partial charge in [-0.1, -0.05) is 23.2 Å². The first-order valence-electron chi connectivity index (χ1n) is 6.67. The van der Waals surface area contributed by atoms with Gasteiger partial charge >= 0.3 is 0 Å². The molecule has 0 unspecified atom stereocenters. The summed E-state index contributed by atoms with van der Waals surface area (Å²) in [5, 5.41) is 0.283. The molecule has 1 aromatic carbocycles. The third-order valence-electron chi connectivity index (χ3n) is 3.32. The highest BCUT2D eigenvalue weighted by atomic mass is 35.7. The summed E-state index contributed by atoms with van der Waals surface area (Å²) >= 11 is 12.0. The Morgan fingerprint density at radius 2 is 1.71 bits per heavy atom. The molecular weight excluding hydrogens is 357 g/mol. The van der Waals surface area contributed by atoms with Crippen LogP contribution in [0.4, 0.5) is 0 Å². The minimum atomic E-state index is -3.86. The summed E-state index contributed by atoms with van der Waals surface area (Å²) in [5.41, 5.74) is 0. The Morgan fingerprint density at radius 1 is 1.14 bits per heavy atom. The lowest BCUT2D eigenvalue weighted by Gasteiger charge is -2.15. The van der Waals surface area contributed by atoms with Crippen LogP contribution in [0.5, 0.6) is 5.75 Å². The van der Waals surface area contributed by atoms with E-state index in [2.05, 4.69) is 4.90 Å². The maximum atomic E-state index is 11.3. The Balaban J connectivity index is 1.93. The zero-order chi connectivity index (χ0) is 15.5. The predicted molar refractivity (Wildman–Crippen MR) is 85.3 cm³/mol. The summed E-state index contributed by atoms with van der Waals surface area (Å²) in [6.45, 7) is 3.74. The summed E-state index contributed by atoms with van der Waals surface area (Å²) in [6.07, 6.45) is 3.38. The molecule has 21 heavy (non-hydrogen) atoms. The number of hydrogen-bond donors (Lipinski definition) is 0. The van der Waals surface area contributed by atoms with Crippen LogP contribution in [0.3, 0.4) is 0 Å². The molecule has 0 amide bonds. The third kappa shape index (κ3) is 4.89. The van der Waals surface area contributed by atoms with Crippen molar-refractivity contribution in [1.82, 2.24) is 4.90 Å². The Morgan fingerprint density at radius 3 is 2.24 bits per heavy atom. The summed E-state index contributed by atoms with van der Waals surface area (Å²) in [6, 6.07) is 2.48. The summed E-state index contributed by atoms with van der Waals surface area (Å²) in [4.78, 5) is 2.25. The number of benzene rings is 1. The number of halogens is 3. The fourth-order valence-electron chi connectivity index (χ4n) is 2.28. The SMILES string of the molecule is O=S(=O)(Cl)c1cc(Cl)c(OCCCN2CCCC2)c(Cl)c1. The standard InChI is InChI=1S/C13H16Cl3NO3S/c14-11-8-10(21(16,18)19)9-12(15)13(11)20-7-3-6-17-4-1-2-5-17/h8-9H,1-7H2. The normalized spacial score (nSPS) is 16.3. The molecular formula is C13H16Cl3NO3S. The van der Waals surface area contributed by atoms with Crippen molar-refractivity contribution in [2.75, 3.05) is 26.2 Å². The van der Waals surface area contributed by atoms with E-state index in [9.17, 15) is 8.42 Å². The first-order valence-corrected chi connectivity index (χ1v) is 9.73. The maximum Gasteiger partial charge on any atom is 0.261 e. The second-order valence-corrected chi connectivity index (χ2v) is 8.28. The highest BCUT2D eigenvalue weighted by Gasteiger charge is 2.17. The van der Waals surface area contributed by atoms with Crippen LogP contribution in [0, 0.1) is 0 Å². The first-order chi connectivity index (χ1) is 9.88. The fraction of sp³-hybridized carbons (Fsp3) is 0.538. The Bertz CT molecular complexity index is 578. The van der Waals surface area contributed by atoms with Gasteiger partial charge in [0, 0.05) is 17.2 Å². The number of ether oxygens (including phenoxy) is 1. The number of hydrogen-bond acceptors (Lipinski definition) is 4. The highest BCUT2D eigenvalue weighted by Crippen LogP contribution is 2.36. The molecule has 1 aliphatic rings. The van der Waals surface area contributed by atoms with Gasteiger partial charge in [0.05, 0.1) is 21.5 Å². The van der Waals surface area contributed by atoms with E-state index in [4.69, 9.17) is 38.6 Å². The van der Waals surface area contributed by atoms with Gasteiger partial charge in [0.2, 0.25) is 0 Å². The molecule has 1 fully saturated rings. The van der Waals surface area contributed by atoms with Crippen LogP contribution in [0.25, 0.3) is 0 Å². The molecule has 1 heterocycles. The van der Waals surface area contributed by atoms with Crippen LogP contribution < -0.4 is 4.74 Å². The average molecular weight is 373 g/mol. The van der Waals surface area contributed by atoms with Gasteiger partial charge in [-0.15, -0.1) is 0 Å². The zero-order valence-corrected chi connectivity index (χ0v) is 14.4. The molecule has 0 saturated carbocycles. The quantitative estimate of drug-likeness (QED) is 0.563. The molecule has 1 aliphatic heterocycles. The van der Waals surface area contributed by atoms with Crippen molar-refractivity contribution in [2.45, 2.75) is 24.2 Å². The van der Waals surface area contributed by atoms with Gasteiger partial charge < -0.3 is 9.64 Å². The second-order valence-electron chi connectivity index (χ2n) is 4.90. The average Bonchev–Trinajstić information content (AvgIpc) is 2.88. The van der Waals surface area contributed by atoms with E-state index in [-0.39, 0.29) is 14.9 Å². The molecule has 0 aliphatic carbocycles. The molecule has 4 nitrogen and oxygen atoms in total. The molecule has 0 radical (unpaired) electrons. The van der Waals surface area contributed by atoms with Crippen LogP contribution in [0.2, 0.25) is 10.0 Å². The molecule has 0 bridgehead atoms. The van der Waals surface area contributed by atoms with Crippen LogP contribution in [0.15, 0.2) is 17.0 Å². The third-order valence-corrected chi connectivity index (χ3v) is 5.21. The van der Waals surface area contributed by atoms with Gasteiger partial charge in [0.1, 0.15) is 0 Å². The van der Waals surface area contributed by atoms with Crippen molar-refractivity contribution < 1.29 is 13.2 Å². The monoisotopic (exact) mass is 371 g/mol. The zero-order valence-electron chi connectivity index (χ0n) is 11.3. The summed E-state index contributed by atoms with van der Waals surface area (Å²) < 4.78 is 28.1. The molecule has 8 heteroatoms. The summed E-state index contributed by atoms with van der Waals surface area (Å²) in [5.74, 6) is 0.295. The molecule has 0 N–H and O–H groups in total. The fourth-order valence-corrected chi connectivity index (χ4v) is 3.79. The number of rotatable bonds is 6. The smallest absolute Gasteiger partial charge is 0.261 e. The minimum Gasteiger partial charge on any atom is -0.490 e. The van der Waals surface area contributed by atoms with Gasteiger partial charge in [-0.2, -0.15) is 0 Å². The van der Waals surface area contributed by atoms with Crippen LogP contribution in [-0.2, 0) is 9.05 Å².